The topological polar surface area (TPSA) is 15.3 Å². The number of piperazine rings is 1. The van der Waals surface area contributed by atoms with Gasteiger partial charge in [-0.25, -0.2) is 0 Å². The fraction of sp³-hybridized carbons (Fsp3) is 0.571. The van der Waals surface area contributed by atoms with Crippen LogP contribution < -0.4 is 5.32 Å². The Balaban J connectivity index is 2.05. The summed E-state index contributed by atoms with van der Waals surface area (Å²) in [5.74, 6) is 1.18. The van der Waals surface area contributed by atoms with E-state index in [2.05, 4.69) is 29.3 Å². The van der Waals surface area contributed by atoms with E-state index in [-0.39, 0.29) is 0 Å². The molecule has 0 aliphatic carbocycles. The average molecular weight is 285 g/mol. The Morgan fingerprint density at radius 3 is 2.83 bits per heavy atom. The lowest BCUT2D eigenvalue weighted by atomic mass is 10.2. The van der Waals surface area contributed by atoms with Gasteiger partial charge in [0.1, 0.15) is 0 Å². The summed E-state index contributed by atoms with van der Waals surface area (Å²) >= 11 is 8.07. The molecule has 0 unspecified atom stereocenters. The number of rotatable bonds is 5. The first-order valence-electron chi connectivity index (χ1n) is 6.64. The third kappa shape index (κ3) is 4.16. The molecule has 1 aromatic rings. The van der Waals surface area contributed by atoms with Gasteiger partial charge < -0.3 is 5.32 Å². The number of halogens is 1. The standard InChI is InChI=1S/C14H21ClN2S/c1-2-9-18-14-4-3-13(15)10-12(14)11-17-7-5-16-6-8-17/h3-4,10,16H,2,5-9,11H2,1H3. The van der Waals surface area contributed by atoms with Crippen molar-refractivity contribution in [2.45, 2.75) is 24.8 Å². The number of nitrogens with one attached hydrogen (secondary N) is 1. The van der Waals surface area contributed by atoms with Crippen LogP contribution in [0.25, 0.3) is 0 Å². The fourth-order valence-electron chi connectivity index (χ4n) is 2.13. The monoisotopic (exact) mass is 284 g/mol. The second-order valence-electron chi connectivity index (χ2n) is 4.63. The molecule has 2 nitrogen and oxygen atoms in total. The minimum absolute atomic E-state index is 0.848. The van der Waals surface area contributed by atoms with Crippen molar-refractivity contribution in [3.8, 4) is 0 Å². The molecular formula is C14H21ClN2S. The van der Waals surface area contributed by atoms with Gasteiger partial charge in [0.2, 0.25) is 0 Å². The Bertz CT molecular complexity index is 378. The quantitative estimate of drug-likeness (QED) is 0.836. The van der Waals surface area contributed by atoms with Gasteiger partial charge in [-0.2, -0.15) is 0 Å². The van der Waals surface area contributed by atoms with Gasteiger partial charge in [-0.15, -0.1) is 11.8 Å². The lowest BCUT2D eigenvalue weighted by molar-refractivity contribution is 0.232. The van der Waals surface area contributed by atoms with Crippen molar-refractivity contribution in [3.05, 3.63) is 28.8 Å². The van der Waals surface area contributed by atoms with Gasteiger partial charge in [0.15, 0.2) is 0 Å². The summed E-state index contributed by atoms with van der Waals surface area (Å²) in [5, 5.41) is 4.24. The van der Waals surface area contributed by atoms with Crippen LogP contribution in [-0.4, -0.2) is 36.8 Å². The maximum absolute atomic E-state index is 6.13. The maximum Gasteiger partial charge on any atom is 0.0410 e. The van der Waals surface area contributed by atoms with Crippen LogP contribution in [0.2, 0.25) is 5.02 Å². The zero-order valence-corrected chi connectivity index (χ0v) is 12.5. The molecule has 1 aromatic carbocycles. The number of hydrogen-bond acceptors (Lipinski definition) is 3. The van der Waals surface area contributed by atoms with E-state index < -0.39 is 0 Å². The van der Waals surface area contributed by atoms with Crippen LogP contribution in [-0.2, 0) is 6.54 Å². The van der Waals surface area contributed by atoms with Crippen LogP contribution in [0.5, 0.6) is 0 Å². The molecule has 18 heavy (non-hydrogen) atoms. The average Bonchev–Trinajstić information content (AvgIpc) is 2.39. The van der Waals surface area contributed by atoms with E-state index in [4.69, 9.17) is 11.6 Å². The Labute approximate surface area is 119 Å². The molecule has 0 atom stereocenters. The van der Waals surface area contributed by atoms with Gasteiger partial charge in [0.25, 0.3) is 0 Å². The van der Waals surface area contributed by atoms with Crippen molar-refractivity contribution >= 4 is 23.4 Å². The van der Waals surface area contributed by atoms with E-state index >= 15 is 0 Å². The van der Waals surface area contributed by atoms with Crippen LogP contribution in [0.15, 0.2) is 23.1 Å². The fourth-order valence-corrected chi connectivity index (χ4v) is 3.23. The lowest BCUT2D eigenvalue weighted by Gasteiger charge is -2.28. The Hall–Kier alpha value is -0.220. The molecule has 1 aliphatic rings. The molecule has 1 N–H and O–H groups in total. The first-order chi connectivity index (χ1) is 8.79. The van der Waals surface area contributed by atoms with Crippen LogP contribution in [0.4, 0.5) is 0 Å². The normalized spacial score (nSPS) is 17.0. The predicted octanol–water partition coefficient (Wildman–Crippen LogP) is 3.25. The summed E-state index contributed by atoms with van der Waals surface area (Å²) in [5.41, 5.74) is 1.38. The van der Waals surface area contributed by atoms with Crippen LogP contribution >= 0.6 is 23.4 Å². The minimum Gasteiger partial charge on any atom is -0.314 e. The van der Waals surface area contributed by atoms with Crippen molar-refractivity contribution in [1.29, 1.82) is 0 Å². The molecular weight excluding hydrogens is 264 g/mol. The van der Waals surface area contributed by atoms with Crippen LogP contribution in [0.1, 0.15) is 18.9 Å². The number of hydrogen-bond donors (Lipinski definition) is 1. The Morgan fingerprint density at radius 2 is 2.11 bits per heavy atom. The van der Waals surface area contributed by atoms with E-state index in [0.717, 1.165) is 37.7 Å². The Kier molecular flexibility index (Phi) is 5.83. The SMILES string of the molecule is CCCSc1ccc(Cl)cc1CN1CCNCC1. The first kappa shape index (κ1) is 14.2. The molecule has 0 radical (unpaired) electrons. The van der Waals surface area contributed by atoms with Crippen molar-refractivity contribution in [3.63, 3.8) is 0 Å². The van der Waals surface area contributed by atoms with Gasteiger partial charge in [0, 0.05) is 42.6 Å². The molecule has 0 spiro atoms. The third-order valence-electron chi connectivity index (χ3n) is 3.09. The van der Waals surface area contributed by atoms with Crippen LogP contribution in [0, 0.1) is 0 Å². The van der Waals surface area contributed by atoms with Gasteiger partial charge >= 0.3 is 0 Å². The third-order valence-corrected chi connectivity index (χ3v) is 4.64. The zero-order valence-electron chi connectivity index (χ0n) is 10.9. The molecule has 0 bridgehead atoms. The van der Waals surface area contributed by atoms with E-state index in [9.17, 15) is 0 Å². The largest absolute Gasteiger partial charge is 0.314 e. The molecule has 0 amide bonds. The molecule has 1 fully saturated rings. The second-order valence-corrected chi connectivity index (χ2v) is 6.20. The van der Waals surface area contributed by atoms with Crippen molar-refractivity contribution in [2.75, 3.05) is 31.9 Å². The van der Waals surface area contributed by atoms with Gasteiger partial charge in [-0.3, -0.25) is 4.90 Å². The van der Waals surface area contributed by atoms with Gasteiger partial charge in [-0.1, -0.05) is 18.5 Å². The predicted molar refractivity (Wildman–Crippen MR) is 80.6 cm³/mol. The lowest BCUT2D eigenvalue weighted by Crippen LogP contribution is -2.42. The van der Waals surface area contributed by atoms with E-state index in [1.165, 1.54) is 22.6 Å². The van der Waals surface area contributed by atoms with E-state index in [1.807, 2.05) is 17.8 Å². The molecule has 1 heterocycles. The molecule has 0 saturated carbocycles. The summed E-state index contributed by atoms with van der Waals surface area (Å²) < 4.78 is 0. The first-order valence-corrected chi connectivity index (χ1v) is 8.00. The van der Waals surface area contributed by atoms with Crippen LogP contribution in [0.3, 0.4) is 0 Å². The highest BCUT2D eigenvalue weighted by atomic mass is 35.5. The molecule has 1 saturated heterocycles. The minimum atomic E-state index is 0.848. The highest BCUT2D eigenvalue weighted by molar-refractivity contribution is 7.99. The van der Waals surface area contributed by atoms with E-state index in [1.54, 1.807) is 0 Å². The molecule has 100 valence electrons. The summed E-state index contributed by atoms with van der Waals surface area (Å²) in [7, 11) is 0. The van der Waals surface area contributed by atoms with Crippen molar-refractivity contribution in [1.82, 2.24) is 10.2 Å². The Morgan fingerprint density at radius 1 is 1.33 bits per heavy atom. The van der Waals surface area contributed by atoms with Crippen molar-refractivity contribution < 1.29 is 0 Å². The number of benzene rings is 1. The van der Waals surface area contributed by atoms with E-state index in [0.29, 0.717) is 0 Å². The van der Waals surface area contributed by atoms with Gasteiger partial charge in [0.05, 0.1) is 0 Å². The smallest absolute Gasteiger partial charge is 0.0410 e. The maximum atomic E-state index is 6.13. The molecule has 4 heteroatoms. The molecule has 1 aliphatic heterocycles. The summed E-state index contributed by atoms with van der Waals surface area (Å²) in [6.07, 6.45) is 1.21. The summed E-state index contributed by atoms with van der Waals surface area (Å²) in [6.45, 7) is 7.69. The number of thioether (sulfide) groups is 1. The summed E-state index contributed by atoms with van der Waals surface area (Å²) in [6, 6.07) is 6.29. The second kappa shape index (κ2) is 7.39. The molecule has 0 aromatic heterocycles. The zero-order chi connectivity index (χ0) is 12.8. The molecule has 2 rings (SSSR count). The van der Waals surface area contributed by atoms with Gasteiger partial charge in [-0.05, 0) is 35.9 Å². The highest BCUT2D eigenvalue weighted by Crippen LogP contribution is 2.27. The number of nitrogens with zero attached hydrogens (tertiary/aromatic N) is 1. The van der Waals surface area contributed by atoms with Crippen molar-refractivity contribution in [2.24, 2.45) is 0 Å². The highest BCUT2D eigenvalue weighted by Gasteiger charge is 2.12. The summed E-state index contributed by atoms with van der Waals surface area (Å²) in [4.78, 5) is 3.89.